The summed E-state index contributed by atoms with van der Waals surface area (Å²) in [5, 5.41) is 5.21. The molecule has 2 atom stereocenters. The van der Waals surface area contributed by atoms with E-state index in [9.17, 15) is 13.2 Å². The van der Waals surface area contributed by atoms with E-state index in [1.54, 1.807) is 0 Å². The van der Waals surface area contributed by atoms with Gasteiger partial charge in [-0.1, -0.05) is 26.0 Å². The van der Waals surface area contributed by atoms with Crippen LogP contribution in [0.25, 0.3) is 10.9 Å². The summed E-state index contributed by atoms with van der Waals surface area (Å²) in [5.74, 6) is 2.13. The quantitative estimate of drug-likeness (QED) is 0.753. The average Bonchev–Trinajstić information content (AvgIpc) is 3.34. The lowest BCUT2D eigenvalue weighted by atomic mass is 10.0. The molecule has 4 rings (SSSR count). The van der Waals surface area contributed by atoms with Crippen molar-refractivity contribution in [1.82, 2.24) is 9.78 Å². The van der Waals surface area contributed by atoms with Gasteiger partial charge in [-0.05, 0) is 48.6 Å². The summed E-state index contributed by atoms with van der Waals surface area (Å²) in [6.45, 7) is 3.42. The standard InChI is InChI=1S/C18H21F3N2/c1-10(2)14-8-15(14)12-5-6-13-16(7-12)23(9-18(19,20)21)22-17(13)11-3-4-11/h5-7,10-11,14-15H,3-4,8-9H2,1-2H3/t14-,15-/m1/s1. The lowest BCUT2D eigenvalue weighted by Gasteiger charge is -2.09. The van der Waals surface area contributed by atoms with Gasteiger partial charge in [0, 0.05) is 11.3 Å². The van der Waals surface area contributed by atoms with Crippen LogP contribution in [0.2, 0.25) is 0 Å². The van der Waals surface area contributed by atoms with Gasteiger partial charge in [0.25, 0.3) is 0 Å². The molecule has 2 aromatic rings. The molecule has 0 radical (unpaired) electrons. The molecule has 2 fully saturated rings. The molecule has 0 saturated heterocycles. The molecule has 0 aliphatic heterocycles. The fraction of sp³-hybridized carbons (Fsp3) is 0.611. The van der Waals surface area contributed by atoms with Gasteiger partial charge in [0.1, 0.15) is 6.54 Å². The second-order valence-corrected chi connectivity index (χ2v) is 7.46. The van der Waals surface area contributed by atoms with Gasteiger partial charge in [-0.25, -0.2) is 0 Å². The number of alkyl halides is 3. The van der Waals surface area contributed by atoms with E-state index in [4.69, 9.17) is 0 Å². The summed E-state index contributed by atoms with van der Waals surface area (Å²) in [7, 11) is 0. The molecule has 2 nitrogen and oxygen atoms in total. The molecule has 2 saturated carbocycles. The van der Waals surface area contributed by atoms with Crippen LogP contribution < -0.4 is 0 Å². The highest BCUT2D eigenvalue weighted by Crippen LogP contribution is 2.52. The molecule has 124 valence electrons. The second kappa shape index (κ2) is 4.99. The van der Waals surface area contributed by atoms with E-state index in [2.05, 4.69) is 25.0 Å². The van der Waals surface area contributed by atoms with E-state index < -0.39 is 12.7 Å². The van der Waals surface area contributed by atoms with Gasteiger partial charge < -0.3 is 0 Å². The zero-order valence-corrected chi connectivity index (χ0v) is 13.4. The van der Waals surface area contributed by atoms with Crippen LogP contribution in [-0.4, -0.2) is 16.0 Å². The van der Waals surface area contributed by atoms with E-state index in [0.29, 0.717) is 29.2 Å². The van der Waals surface area contributed by atoms with Crippen LogP contribution in [0.15, 0.2) is 18.2 Å². The predicted molar refractivity (Wildman–Crippen MR) is 83.4 cm³/mol. The van der Waals surface area contributed by atoms with Crippen molar-refractivity contribution in [3.8, 4) is 0 Å². The zero-order chi connectivity index (χ0) is 16.4. The van der Waals surface area contributed by atoms with E-state index in [1.165, 1.54) is 10.2 Å². The maximum absolute atomic E-state index is 12.9. The Kier molecular flexibility index (Phi) is 3.26. The molecular formula is C18H21F3N2. The zero-order valence-electron chi connectivity index (χ0n) is 13.4. The highest BCUT2D eigenvalue weighted by atomic mass is 19.4. The van der Waals surface area contributed by atoms with Crippen molar-refractivity contribution in [3.05, 3.63) is 29.5 Å². The fourth-order valence-corrected chi connectivity index (χ4v) is 3.73. The summed E-state index contributed by atoms with van der Waals surface area (Å²) < 4.78 is 39.8. The third-order valence-electron chi connectivity index (χ3n) is 5.22. The molecule has 1 aromatic carbocycles. The minimum absolute atomic E-state index is 0.349. The molecule has 0 unspecified atom stereocenters. The van der Waals surface area contributed by atoms with Crippen LogP contribution in [0.5, 0.6) is 0 Å². The third kappa shape index (κ3) is 2.86. The Morgan fingerprint density at radius 1 is 1.26 bits per heavy atom. The van der Waals surface area contributed by atoms with Gasteiger partial charge in [-0.15, -0.1) is 0 Å². The Labute approximate surface area is 133 Å². The van der Waals surface area contributed by atoms with Gasteiger partial charge in [0.15, 0.2) is 0 Å². The minimum Gasteiger partial charge on any atom is -0.255 e. The van der Waals surface area contributed by atoms with E-state index in [1.807, 2.05) is 12.1 Å². The fourth-order valence-electron chi connectivity index (χ4n) is 3.73. The SMILES string of the molecule is CC(C)[C@H]1C[C@@H]1c1ccc2c(C3CC3)nn(CC(F)(F)F)c2c1. The van der Waals surface area contributed by atoms with Crippen molar-refractivity contribution in [2.75, 3.05) is 0 Å². The average molecular weight is 322 g/mol. The number of rotatable bonds is 4. The van der Waals surface area contributed by atoms with E-state index >= 15 is 0 Å². The number of fused-ring (bicyclic) bond motifs is 1. The van der Waals surface area contributed by atoms with Gasteiger partial charge in [-0.2, -0.15) is 18.3 Å². The highest BCUT2D eigenvalue weighted by Gasteiger charge is 2.41. The van der Waals surface area contributed by atoms with Crippen molar-refractivity contribution in [2.24, 2.45) is 11.8 Å². The smallest absolute Gasteiger partial charge is 0.255 e. The molecule has 2 aliphatic carbocycles. The molecule has 2 aliphatic rings. The van der Waals surface area contributed by atoms with E-state index in [0.717, 1.165) is 30.3 Å². The minimum atomic E-state index is -4.24. The van der Waals surface area contributed by atoms with Crippen LogP contribution in [0, 0.1) is 11.8 Å². The van der Waals surface area contributed by atoms with Crippen molar-refractivity contribution >= 4 is 10.9 Å². The normalized spacial score (nSPS) is 24.6. The second-order valence-electron chi connectivity index (χ2n) is 7.46. The van der Waals surface area contributed by atoms with Crippen LogP contribution in [0.3, 0.4) is 0 Å². The first-order valence-corrected chi connectivity index (χ1v) is 8.40. The van der Waals surface area contributed by atoms with Crippen LogP contribution >= 0.6 is 0 Å². The van der Waals surface area contributed by atoms with E-state index in [-0.39, 0.29) is 0 Å². The maximum Gasteiger partial charge on any atom is 0.408 e. The van der Waals surface area contributed by atoms with Gasteiger partial charge in [0.2, 0.25) is 0 Å². The first-order chi connectivity index (χ1) is 10.8. The molecule has 0 spiro atoms. The van der Waals surface area contributed by atoms with Crippen LogP contribution in [0.4, 0.5) is 13.2 Å². The van der Waals surface area contributed by atoms with Crippen molar-refractivity contribution in [1.29, 1.82) is 0 Å². The number of halogens is 3. The Hall–Kier alpha value is -1.52. The lowest BCUT2D eigenvalue weighted by molar-refractivity contribution is -0.141. The molecular weight excluding hydrogens is 301 g/mol. The Balaban J connectivity index is 1.75. The molecule has 0 N–H and O–H groups in total. The summed E-state index contributed by atoms with van der Waals surface area (Å²) >= 11 is 0. The molecule has 23 heavy (non-hydrogen) atoms. The van der Waals surface area contributed by atoms with Crippen molar-refractivity contribution < 1.29 is 13.2 Å². The number of hydrogen-bond donors (Lipinski definition) is 0. The van der Waals surface area contributed by atoms with Gasteiger partial charge >= 0.3 is 6.18 Å². The summed E-state index contributed by atoms with van der Waals surface area (Å²) in [5.41, 5.74) is 2.67. The number of nitrogens with zero attached hydrogens (tertiary/aromatic N) is 2. The number of benzene rings is 1. The highest BCUT2D eigenvalue weighted by molar-refractivity contribution is 5.84. The first kappa shape index (κ1) is 15.0. The molecule has 0 amide bonds. The molecule has 1 heterocycles. The van der Waals surface area contributed by atoms with Crippen molar-refractivity contribution in [2.45, 2.75) is 57.7 Å². The molecule has 1 aromatic heterocycles. The Morgan fingerprint density at radius 3 is 2.57 bits per heavy atom. The maximum atomic E-state index is 12.9. The molecule has 5 heteroatoms. The monoisotopic (exact) mass is 322 g/mol. The Bertz CT molecular complexity index is 741. The third-order valence-corrected chi connectivity index (χ3v) is 5.22. The lowest BCUT2D eigenvalue weighted by Crippen LogP contribution is -2.18. The largest absolute Gasteiger partial charge is 0.408 e. The topological polar surface area (TPSA) is 17.8 Å². The number of aromatic nitrogens is 2. The summed E-state index contributed by atoms with van der Waals surface area (Å²) in [4.78, 5) is 0. The first-order valence-electron chi connectivity index (χ1n) is 8.40. The summed E-state index contributed by atoms with van der Waals surface area (Å²) in [6, 6.07) is 6.04. The van der Waals surface area contributed by atoms with Crippen molar-refractivity contribution in [3.63, 3.8) is 0 Å². The molecule has 0 bridgehead atoms. The Morgan fingerprint density at radius 2 is 2.00 bits per heavy atom. The van der Waals surface area contributed by atoms with Gasteiger partial charge in [-0.3, -0.25) is 4.68 Å². The van der Waals surface area contributed by atoms with Crippen LogP contribution in [0.1, 0.15) is 56.2 Å². The summed E-state index contributed by atoms with van der Waals surface area (Å²) in [6.07, 6.45) is -1.02. The van der Waals surface area contributed by atoms with Crippen LogP contribution in [-0.2, 0) is 6.54 Å². The number of hydrogen-bond acceptors (Lipinski definition) is 1. The predicted octanol–water partition coefficient (Wildman–Crippen LogP) is 5.24. The van der Waals surface area contributed by atoms with Gasteiger partial charge in [0.05, 0.1) is 11.2 Å².